The Morgan fingerprint density at radius 2 is 1.93 bits per heavy atom. The van der Waals surface area contributed by atoms with Crippen LogP contribution >= 0.6 is 0 Å². The number of methoxy groups -OCH3 is 1. The predicted octanol–water partition coefficient (Wildman–Crippen LogP) is 2.78. The van der Waals surface area contributed by atoms with Gasteiger partial charge < -0.3 is 19.7 Å². The number of rotatable bonds is 9. The van der Waals surface area contributed by atoms with Crippen molar-refractivity contribution in [2.45, 2.75) is 38.1 Å². The van der Waals surface area contributed by atoms with Gasteiger partial charge in [0, 0.05) is 37.3 Å². The van der Waals surface area contributed by atoms with Gasteiger partial charge in [0.05, 0.1) is 19.8 Å². The highest BCUT2D eigenvalue weighted by atomic mass is 16.5. The van der Waals surface area contributed by atoms with Gasteiger partial charge in [-0.15, -0.1) is 0 Å². The molecule has 1 heterocycles. The molecule has 1 aromatic rings. The Hall–Kier alpha value is -2.67. The summed E-state index contributed by atoms with van der Waals surface area (Å²) in [7, 11) is 1.37. The third-order valence-corrected chi connectivity index (χ3v) is 5.06. The van der Waals surface area contributed by atoms with Gasteiger partial charge in [0.25, 0.3) is 0 Å². The van der Waals surface area contributed by atoms with E-state index in [-0.39, 0.29) is 24.1 Å². The van der Waals surface area contributed by atoms with Gasteiger partial charge in [-0.05, 0) is 25.0 Å². The first-order valence-corrected chi connectivity index (χ1v) is 9.47. The fourth-order valence-corrected chi connectivity index (χ4v) is 3.42. The number of benzene rings is 1. The molecule has 1 aliphatic rings. The number of hydrogen-bond donors (Lipinski definition) is 1. The lowest BCUT2D eigenvalue weighted by Gasteiger charge is -2.41. The zero-order valence-corrected chi connectivity index (χ0v) is 16.5. The lowest BCUT2D eigenvalue weighted by atomic mass is 9.86. The average molecular weight is 388 g/mol. The number of hydrogen-bond acceptors (Lipinski definition) is 7. The predicted molar refractivity (Wildman–Crippen MR) is 106 cm³/mol. The van der Waals surface area contributed by atoms with Crippen molar-refractivity contribution in [3.63, 3.8) is 0 Å². The van der Waals surface area contributed by atoms with Gasteiger partial charge in [-0.25, -0.2) is 4.79 Å². The van der Waals surface area contributed by atoms with Crippen molar-refractivity contribution < 1.29 is 23.9 Å². The molecule has 0 spiro atoms. The summed E-state index contributed by atoms with van der Waals surface area (Å²) in [6.07, 6.45) is 2.78. The van der Waals surface area contributed by atoms with E-state index in [4.69, 9.17) is 9.47 Å². The summed E-state index contributed by atoms with van der Waals surface area (Å²) in [5, 5.41) is 3.31. The molecule has 0 bridgehead atoms. The molecule has 0 aromatic heterocycles. The molecular weight excluding hydrogens is 360 g/mol. The van der Waals surface area contributed by atoms with Crippen molar-refractivity contribution in [1.29, 1.82) is 0 Å². The van der Waals surface area contributed by atoms with E-state index in [0.29, 0.717) is 50.1 Å². The van der Waals surface area contributed by atoms with Gasteiger partial charge >= 0.3 is 11.9 Å². The Morgan fingerprint density at radius 3 is 2.54 bits per heavy atom. The van der Waals surface area contributed by atoms with Crippen molar-refractivity contribution in [2.75, 3.05) is 32.1 Å². The Balaban J connectivity index is 2.11. The molecule has 0 atom stereocenters. The number of nitrogens with one attached hydrogen (secondary N) is 1. The first-order valence-electron chi connectivity index (χ1n) is 9.47. The highest BCUT2D eigenvalue weighted by Gasteiger charge is 2.43. The Morgan fingerprint density at radius 1 is 1.25 bits per heavy atom. The third kappa shape index (κ3) is 5.19. The zero-order chi connectivity index (χ0) is 20.6. The molecule has 0 radical (unpaired) electrons. The average Bonchev–Trinajstić information content (AvgIpc) is 2.72. The van der Waals surface area contributed by atoms with Gasteiger partial charge in [0.15, 0.2) is 5.78 Å². The number of carbonyl (C=O) groups is 3. The van der Waals surface area contributed by atoms with Crippen LogP contribution in [0.4, 0.5) is 5.69 Å². The van der Waals surface area contributed by atoms with E-state index in [9.17, 15) is 14.4 Å². The lowest BCUT2D eigenvalue weighted by molar-refractivity contribution is -0.148. The number of ether oxygens (including phenoxy) is 2. The summed E-state index contributed by atoms with van der Waals surface area (Å²) in [5.74, 6) is -0.664. The van der Waals surface area contributed by atoms with Crippen LogP contribution in [0.5, 0.6) is 0 Å². The van der Waals surface area contributed by atoms with Crippen molar-refractivity contribution in [3.8, 4) is 0 Å². The minimum atomic E-state index is -0.906. The van der Waals surface area contributed by atoms with E-state index in [1.165, 1.54) is 7.11 Å². The largest absolute Gasteiger partial charge is 0.467 e. The molecule has 7 nitrogen and oxygen atoms in total. The first-order chi connectivity index (χ1) is 13.5. The minimum absolute atomic E-state index is 0.0151. The second-order valence-corrected chi connectivity index (χ2v) is 6.77. The van der Waals surface area contributed by atoms with Crippen LogP contribution in [0, 0.1) is 0 Å². The summed E-state index contributed by atoms with van der Waals surface area (Å²) in [5.41, 5.74) is 0.308. The maximum absolute atomic E-state index is 12.6. The van der Waals surface area contributed by atoms with E-state index >= 15 is 0 Å². The number of anilines is 1. The molecule has 152 valence electrons. The molecular formula is C21H28N2O5. The zero-order valence-electron chi connectivity index (χ0n) is 16.5. The molecule has 28 heavy (non-hydrogen) atoms. The van der Waals surface area contributed by atoms with Crippen LogP contribution in [0.1, 0.15) is 43.0 Å². The number of piperidine rings is 1. The topological polar surface area (TPSA) is 84.9 Å². The highest BCUT2D eigenvalue weighted by molar-refractivity contribution is 6.01. The summed E-state index contributed by atoms with van der Waals surface area (Å²) < 4.78 is 9.80. The van der Waals surface area contributed by atoms with Crippen molar-refractivity contribution in [1.82, 2.24) is 4.90 Å². The van der Waals surface area contributed by atoms with Gasteiger partial charge in [0.1, 0.15) is 5.54 Å². The third-order valence-electron chi connectivity index (χ3n) is 5.06. The summed E-state index contributed by atoms with van der Waals surface area (Å²) in [6, 6.07) is 7.22. The van der Waals surface area contributed by atoms with E-state index in [2.05, 4.69) is 16.8 Å². The summed E-state index contributed by atoms with van der Waals surface area (Å²) in [6.45, 7) is 6.97. The molecule has 1 N–H and O–H groups in total. The molecule has 0 amide bonds. The lowest BCUT2D eigenvalue weighted by Crippen LogP contribution is -2.55. The standard InChI is InChI=1S/C21H28N2O5/c1-4-18(24)16-8-6-7-9-17(16)22-21(20(26)27-3)11-14-23(15-12-21)13-10-19(25)28-5-2/h5-9,22H,2,4,10-15H2,1,3H3. The van der Waals surface area contributed by atoms with Crippen LogP contribution < -0.4 is 5.32 Å². The van der Waals surface area contributed by atoms with Gasteiger partial charge in [0.2, 0.25) is 0 Å². The van der Waals surface area contributed by atoms with E-state index in [0.717, 1.165) is 6.26 Å². The summed E-state index contributed by atoms with van der Waals surface area (Å²) in [4.78, 5) is 38.5. The summed E-state index contributed by atoms with van der Waals surface area (Å²) >= 11 is 0. The maximum Gasteiger partial charge on any atom is 0.331 e. The SMILES string of the molecule is C=COC(=O)CCN1CCC(Nc2ccccc2C(=O)CC)(C(=O)OC)CC1. The van der Waals surface area contributed by atoms with Gasteiger partial charge in [-0.3, -0.25) is 9.59 Å². The second kappa shape index (κ2) is 10.0. The minimum Gasteiger partial charge on any atom is -0.467 e. The number of esters is 2. The van der Waals surface area contributed by atoms with Crippen molar-refractivity contribution in [3.05, 3.63) is 42.7 Å². The maximum atomic E-state index is 12.6. The molecule has 0 saturated carbocycles. The molecule has 1 fully saturated rings. The van der Waals surface area contributed by atoms with Crippen LogP contribution in [0.3, 0.4) is 0 Å². The molecule has 1 saturated heterocycles. The van der Waals surface area contributed by atoms with Crippen molar-refractivity contribution >= 4 is 23.4 Å². The monoisotopic (exact) mass is 388 g/mol. The number of para-hydroxylation sites is 1. The molecule has 7 heteroatoms. The van der Waals surface area contributed by atoms with Crippen LogP contribution in [0.25, 0.3) is 0 Å². The fourth-order valence-electron chi connectivity index (χ4n) is 3.42. The number of Topliss-reactive ketones (excluding diaryl/α,β-unsaturated/α-hetero) is 1. The highest BCUT2D eigenvalue weighted by Crippen LogP contribution is 2.30. The van der Waals surface area contributed by atoms with Gasteiger partial charge in [-0.1, -0.05) is 25.6 Å². The second-order valence-electron chi connectivity index (χ2n) is 6.77. The van der Waals surface area contributed by atoms with Crippen LogP contribution in [-0.2, 0) is 19.1 Å². The van der Waals surface area contributed by atoms with Crippen molar-refractivity contribution in [2.24, 2.45) is 0 Å². The van der Waals surface area contributed by atoms with Crippen LogP contribution in [0.15, 0.2) is 37.1 Å². The van der Waals surface area contributed by atoms with E-state index in [1.807, 2.05) is 25.1 Å². The molecule has 0 aliphatic carbocycles. The molecule has 1 aromatic carbocycles. The van der Waals surface area contributed by atoms with Crippen LogP contribution in [0.2, 0.25) is 0 Å². The molecule has 1 aliphatic heterocycles. The number of nitrogens with zero attached hydrogens (tertiary/aromatic N) is 1. The number of carbonyl (C=O) groups excluding carboxylic acids is 3. The first kappa shape index (κ1) is 21.6. The van der Waals surface area contributed by atoms with E-state index < -0.39 is 5.54 Å². The molecule has 2 rings (SSSR count). The van der Waals surface area contributed by atoms with Gasteiger partial charge in [-0.2, -0.15) is 0 Å². The Kier molecular flexibility index (Phi) is 7.75. The number of ketones is 1. The number of likely N-dealkylation sites (tertiary alicyclic amines) is 1. The van der Waals surface area contributed by atoms with Crippen LogP contribution in [-0.4, -0.2) is 54.9 Å². The fraction of sp³-hybridized carbons (Fsp3) is 0.476. The smallest absolute Gasteiger partial charge is 0.331 e. The molecule has 0 unspecified atom stereocenters. The quantitative estimate of drug-likeness (QED) is 0.395. The normalized spacial score (nSPS) is 16.1. The van der Waals surface area contributed by atoms with E-state index in [1.54, 1.807) is 6.07 Å². The Labute approximate surface area is 165 Å². The Bertz CT molecular complexity index is 723.